The minimum Gasteiger partial charge on any atom is -1.00 e. The molecule has 2 N–H and O–H groups in total. The Bertz CT molecular complexity index is 18.0. The third-order valence-electron chi connectivity index (χ3n) is 0. The monoisotopic (exact) mass is 160 g/mol. The minimum atomic E-state index is 0. The van der Waals surface area contributed by atoms with Crippen molar-refractivity contribution in [3.05, 3.63) is 0 Å². The Labute approximate surface area is 76.0 Å². The van der Waals surface area contributed by atoms with Crippen molar-refractivity contribution in [2.45, 2.75) is 0 Å². The number of rotatable bonds is 0. The van der Waals surface area contributed by atoms with Crippen LogP contribution >= 0.6 is 23.7 Å². The maximum Gasteiger partial charge on any atom is 2.00 e. The van der Waals surface area contributed by atoms with Crippen LogP contribution in [-0.4, -0.2) is 49.7 Å². The van der Waals surface area contributed by atoms with Crippen LogP contribution in [0.1, 0.15) is 2.85 Å². The normalized spacial score (nSPS) is 2.00. The molecule has 0 aromatic carbocycles. The molecular weight excluding hydrogens is 154 g/mol. The van der Waals surface area contributed by atoms with E-state index in [1.807, 2.05) is 0 Å². The van der Waals surface area contributed by atoms with Gasteiger partial charge in [0.15, 0.2) is 17.4 Å². The van der Waals surface area contributed by atoms with E-state index in [0.717, 1.165) is 0 Å². The SMILES string of the molecule is OCl.OCl.[AlH3].[H-].[H-].[Mg+2]. The van der Waals surface area contributed by atoms with Crippen molar-refractivity contribution in [2.24, 2.45) is 0 Å². The third kappa shape index (κ3) is 41.3. The fourth-order valence-electron chi connectivity index (χ4n) is 0. The van der Waals surface area contributed by atoms with Crippen LogP contribution in [0.15, 0.2) is 0 Å². The number of halogens is 2. The maximum absolute atomic E-state index is 6.47. The first-order valence-electron chi connectivity index (χ1n) is 0.338. The standard InChI is InChI=1S/Al.2ClHO.Mg.5H/c;2*1-2;;;;;;/h;2*2H;;;;;;/q;;;+2;;;;2*-1. The van der Waals surface area contributed by atoms with Crippen molar-refractivity contribution in [2.75, 3.05) is 0 Å². The Balaban J connectivity index is -0.00000000167. The van der Waals surface area contributed by atoms with E-state index >= 15 is 0 Å². The molecule has 0 saturated carbocycles. The maximum atomic E-state index is 6.47. The van der Waals surface area contributed by atoms with Crippen LogP contribution < -0.4 is 0 Å². The van der Waals surface area contributed by atoms with E-state index in [1.54, 1.807) is 0 Å². The summed E-state index contributed by atoms with van der Waals surface area (Å²) < 4.78 is 12.9. The average Bonchev–Trinajstić information content (AvgIpc) is 1.50. The van der Waals surface area contributed by atoms with Crippen LogP contribution in [0.4, 0.5) is 0 Å². The van der Waals surface area contributed by atoms with Crippen LogP contribution in [0.2, 0.25) is 0 Å². The molecule has 6 heavy (non-hydrogen) atoms. The van der Waals surface area contributed by atoms with E-state index in [1.165, 1.54) is 0 Å². The predicted octanol–water partition coefficient (Wildman–Crippen LogP) is -1.07. The summed E-state index contributed by atoms with van der Waals surface area (Å²) in [6, 6.07) is 0. The summed E-state index contributed by atoms with van der Waals surface area (Å²) in [6.45, 7) is 0. The van der Waals surface area contributed by atoms with Gasteiger partial charge < -0.3 is 2.85 Å². The molecule has 0 atom stereocenters. The first kappa shape index (κ1) is 25.0. The van der Waals surface area contributed by atoms with E-state index in [0.29, 0.717) is 0 Å². The molecule has 0 aliphatic heterocycles. The molecular formula is H7AlCl2MgO2. The van der Waals surface area contributed by atoms with E-state index < -0.39 is 0 Å². The van der Waals surface area contributed by atoms with Gasteiger partial charge in [0.2, 0.25) is 0 Å². The smallest absolute Gasteiger partial charge is 1.00 e. The second-order valence-electron chi connectivity index (χ2n) is 0. The van der Waals surface area contributed by atoms with Gasteiger partial charge in [-0.15, -0.1) is 0 Å². The van der Waals surface area contributed by atoms with Crippen molar-refractivity contribution in [1.82, 2.24) is 0 Å². The average molecular weight is 161 g/mol. The second kappa shape index (κ2) is 70.7. The van der Waals surface area contributed by atoms with Crippen LogP contribution in [-0.2, 0) is 0 Å². The molecule has 6 heteroatoms. The molecule has 0 rings (SSSR count). The van der Waals surface area contributed by atoms with Crippen molar-refractivity contribution < 1.29 is 12.2 Å². The molecule has 0 aliphatic carbocycles. The summed E-state index contributed by atoms with van der Waals surface area (Å²) in [6.07, 6.45) is 0. The summed E-state index contributed by atoms with van der Waals surface area (Å²) in [5, 5.41) is 0. The van der Waals surface area contributed by atoms with Gasteiger partial charge in [-0.1, -0.05) is 0 Å². The van der Waals surface area contributed by atoms with Crippen molar-refractivity contribution >= 4 is 64.1 Å². The van der Waals surface area contributed by atoms with Gasteiger partial charge in [0.1, 0.15) is 0 Å². The molecule has 0 unspecified atom stereocenters. The Hall–Kier alpha value is 1.80. The van der Waals surface area contributed by atoms with Gasteiger partial charge in [0, 0.05) is 0 Å². The molecule has 0 amide bonds. The second-order valence-corrected chi connectivity index (χ2v) is 0. The van der Waals surface area contributed by atoms with Crippen LogP contribution in [0, 0.1) is 0 Å². The fourth-order valence-corrected chi connectivity index (χ4v) is 0. The molecule has 0 spiro atoms. The Morgan fingerprint density at radius 2 is 1.00 bits per heavy atom. The van der Waals surface area contributed by atoms with E-state index in [-0.39, 0.29) is 43.3 Å². The predicted molar refractivity (Wildman–Crippen MR) is 34.1 cm³/mol. The molecule has 0 heterocycles. The Kier molecular flexibility index (Phi) is 294. The summed E-state index contributed by atoms with van der Waals surface area (Å²) in [5.41, 5.74) is 0. The van der Waals surface area contributed by atoms with Crippen LogP contribution in [0.5, 0.6) is 0 Å². The minimum absolute atomic E-state index is 0. The van der Waals surface area contributed by atoms with Crippen molar-refractivity contribution in [1.29, 1.82) is 0 Å². The zero-order valence-electron chi connectivity index (χ0n) is 4.36. The van der Waals surface area contributed by atoms with Gasteiger partial charge in [-0.25, -0.2) is 0 Å². The Morgan fingerprint density at radius 3 is 1.00 bits per heavy atom. The molecule has 38 valence electrons. The van der Waals surface area contributed by atoms with Gasteiger partial charge in [0.05, 0.1) is 23.7 Å². The van der Waals surface area contributed by atoms with E-state index in [9.17, 15) is 0 Å². The van der Waals surface area contributed by atoms with Crippen LogP contribution in [0.3, 0.4) is 0 Å². The molecule has 0 aromatic heterocycles. The number of hydrogen-bond donors (Lipinski definition) is 2. The summed E-state index contributed by atoms with van der Waals surface area (Å²) in [4.78, 5) is 0. The Morgan fingerprint density at radius 1 is 1.00 bits per heavy atom. The quantitative estimate of drug-likeness (QED) is 0.444. The summed E-state index contributed by atoms with van der Waals surface area (Å²) in [5.74, 6) is 0. The zero-order chi connectivity index (χ0) is 4.00. The van der Waals surface area contributed by atoms with E-state index in [4.69, 9.17) is 9.32 Å². The molecule has 0 radical (unpaired) electrons. The van der Waals surface area contributed by atoms with Gasteiger partial charge >= 0.3 is 23.1 Å². The molecule has 0 aromatic rings. The molecule has 0 bridgehead atoms. The van der Waals surface area contributed by atoms with Gasteiger partial charge in [-0.2, -0.15) is 0 Å². The van der Waals surface area contributed by atoms with Gasteiger partial charge in [-0.3, -0.25) is 9.32 Å². The topological polar surface area (TPSA) is 40.5 Å². The van der Waals surface area contributed by atoms with Crippen molar-refractivity contribution in [3.8, 4) is 0 Å². The van der Waals surface area contributed by atoms with Crippen LogP contribution in [0.25, 0.3) is 0 Å². The third-order valence-corrected chi connectivity index (χ3v) is 0. The van der Waals surface area contributed by atoms with Crippen molar-refractivity contribution in [3.63, 3.8) is 0 Å². The van der Waals surface area contributed by atoms with Gasteiger partial charge in [0.25, 0.3) is 0 Å². The molecule has 0 saturated heterocycles. The molecule has 0 fully saturated rings. The first-order valence-corrected chi connectivity index (χ1v) is 1.01. The largest absolute Gasteiger partial charge is 2.00 e. The first-order chi connectivity index (χ1) is 2.00. The van der Waals surface area contributed by atoms with Gasteiger partial charge in [-0.05, 0) is 0 Å². The molecule has 0 aliphatic rings. The summed E-state index contributed by atoms with van der Waals surface area (Å²) >= 11 is 7.28. The zero-order valence-corrected chi connectivity index (χ0v) is 5.28. The van der Waals surface area contributed by atoms with E-state index in [2.05, 4.69) is 23.7 Å². The summed E-state index contributed by atoms with van der Waals surface area (Å²) in [7, 11) is 0. The molecule has 2 nitrogen and oxygen atoms in total. The fraction of sp³-hybridized carbons (Fsp3) is 0. The number of hydrogen-bond acceptors (Lipinski definition) is 2.